The summed E-state index contributed by atoms with van der Waals surface area (Å²) in [6.07, 6.45) is 0. The number of hydrogen-bond donors (Lipinski definition) is 2. The zero-order valence-corrected chi connectivity index (χ0v) is 10.7. The van der Waals surface area contributed by atoms with Gasteiger partial charge in [0.2, 0.25) is 5.91 Å². The number of carbonyl (C=O) groups is 1. The number of nitrogens with zero attached hydrogens (tertiary/aromatic N) is 1. The second-order valence-corrected chi connectivity index (χ2v) is 5.74. The molecule has 0 spiro atoms. The van der Waals surface area contributed by atoms with E-state index in [2.05, 4.69) is 15.9 Å². The van der Waals surface area contributed by atoms with Crippen molar-refractivity contribution in [3.05, 3.63) is 20.8 Å². The summed E-state index contributed by atoms with van der Waals surface area (Å²) in [5.74, 6) is -0.248. The highest BCUT2D eigenvalue weighted by molar-refractivity contribution is 9.11. The average molecular weight is 293 g/mol. The van der Waals surface area contributed by atoms with Gasteiger partial charge in [-0.3, -0.25) is 4.79 Å². The molecule has 1 rings (SSSR count). The van der Waals surface area contributed by atoms with Gasteiger partial charge in [0.15, 0.2) is 0 Å². The molecule has 0 fully saturated rings. The normalized spacial score (nSPS) is 12.5. The molecule has 6 heteroatoms. The van der Waals surface area contributed by atoms with E-state index in [1.165, 1.54) is 4.90 Å². The maximum atomic E-state index is 11.5. The first kappa shape index (κ1) is 12.6. The third kappa shape index (κ3) is 3.57. The minimum absolute atomic E-state index is 0.248. The van der Waals surface area contributed by atoms with Crippen molar-refractivity contribution >= 4 is 33.2 Å². The first-order valence-electron chi connectivity index (χ1n) is 4.40. The maximum absolute atomic E-state index is 11.5. The lowest BCUT2D eigenvalue weighted by atomic mass is 10.3. The van der Waals surface area contributed by atoms with Crippen LogP contribution in [0.15, 0.2) is 15.9 Å². The van der Waals surface area contributed by atoms with Crippen LogP contribution in [-0.4, -0.2) is 35.6 Å². The molecule has 0 aliphatic rings. The summed E-state index contributed by atoms with van der Waals surface area (Å²) in [7, 11) is 1.67. The van der Waals surface area contributed by atoms with Gasteiger partial charge in [0.1, 0.15) is 6.04 Å². The van der Waals surface area contributed by atoms with Crippen LogP contribution in [0.3, 0.4) is 0 Å². The molecule has 3 N–H and O–H groups in total. The molecule has 84 valence electrons. The Balaban J connectivity index is 2.55. The predicted molar refractivity (Wildman–Crippen MR) is 63.6 cm³/mol. The number of nitrogens with two attached hydrogens (primary N) is 1. The molecule has 1 aromatic rings. The number of carbonyl (C=O) groups excluding carboxylic acids is 1. The summed E-state index contributed by atoms with van der Waals surface area (Å²) < 4.78 is 1.03. The number of hydrogen-bond acceptors (Lipinski definition) is 4. The van der Waals surface area contributed by atoms with Crippen molar-refractivity contribution in [1.82, 2.24) is 4.90 Å². The lowest BCUT2D eigenvalue weighted by Gasteiger charge is -2.19. The van der Waals surface area contributed by atoms with Gasteiger partial charge in [0, 0.05) is 11.9 Å². The van der Waals surface area contributed by atoms with E-state index >= 15 is 0 Å². The van der Waals surface area contributed by atoms with Crippen molar-refractivity contribution < 1.29 is 9.90 Å². The van der Waals surface area contributed by atoms with Crippen molar-refractivity contribution in [3.63, 3.8) is 0 Å². The first-order valence-corrected chi connectivity index (χ1v) is 6.01. The van der Waals surface area contributed by atoms with Crippen LogP contribution in [0.2, 0.25) is 0 Å². The van der Waals surface area contributed by atoms with Gasteiger partial charge >= 0.3 is 0 Å². The van der Waals surface area contributed by atoms with Crippen molar-refractivity contribution in [1.29, 1.82) is 0 Å². The van der Waals surface area contributed by atoms with Gasteiger partial charge in [-0.05, 0) is 28.1 Å². The highest BCUT2D eigenvalue weighted by Crippen LogP contribution is 2.22. The Bertz CT molecular complexity index is 343. The number of likely N-dealkylation sites (N-methyl/N-ethyl adjacent to an activating group) is 1. The van der Waals surface area contributed by atoms with Gasteiger partial charge in [-0.15, -0.1) is 11.3 Å². The Labute approximate surface area is 101 Å². The first-order chi connectivity index (χ1) is 7.04. The zero-order valence-electron chi connectivity index (χ0n) is 8.31. The fourth-order valence-electron chi connectivity index (χ4n) is 1.11. The molecule has 0 radical (unpaired) electrons. The van der Waals surface area contributed by atoms with Crippen LogP contribution in [0.1, 0.15) is 4.88 Å². The molecule has 0 saturated heterocycles. The Hall–Kier alpha value is -0.430. The highest BCUT2D eigenvalue weighted by atomic mass is 79.9. The smallest absolute Gasteiger partial charge is 0.241 e. The average Bonchev–Trinajstić information content (AvgIpc) is 2.61. The molecule has 0 aromatic carbocycles. The van der Waals surface area contributed by atoms with Crippen LogP contribution in [0.4, 0.5) is 0 Å². The van der Waals surface area contributed by atoms with Gasteiger partial charge in [0.05, 0.1) is 16.9 Å². The molecule has 0 aliphatic heterocycles. The van der Waals surface area contributed by atoms with E-state index in [9.17, 15) is 4.79 Å². The third-order valence-corrected chi connectivity index (χ3v) is 3.52. The van der Waals surface area contributed by atoms with E-state index in [0.717, 1.165) is 8.66 Å². The Kier molecular flexibility index (Phi) is 4.72. The molecular formula is C9H13BrN2O2S. The van der Waals surface area contributed by atoms with Crippen LogP contribution in [-0.2, 0) is 11.3 Å². The Morgan fingerprint density at radius 2 is 2.40 bits per heavy atom. The lowest BCUT2D eigenvalue weighted by Crippen LogP contribution is -2.43. The molecule has 1 heterocycles. The SMILES string of the molecule is CN(Cc1ccc(Br)s1)C(=O)C(N)CO. The summed E-state index contributed by atoms with van der Waals surface area (Å²) in [5.41, 5.74) is 5.43. The predicted octanol–water partition coefficient (Wildman–Crippen LogP) is 0.789. The van der Waals surface area contributed by atoms with Crippen LogP contribution >= 0.6 is 27.3 Å². The molecule has 0 saturated carbocycles. The van der Waals surface area contributed by atoms with E-state index in [4.69, 9.17) is 10.8 Å². The number of amides is 1. The fraction of sp³-hybridized carbons (Fsp3) is 0.444. The summed E-state index contributed by atoms with van der Waals surface area (Å²) in [4.78, 5) is 14.1. The molecule has 0 aliphatic carbocycles. The summed E-state index contributed by atoms with van der Waals surface area (Å²) in [6, 6.07) is 3.06. The van der Waals surface area contributed by atoms with Crippen molar-refractivity contribution in [2.45, 2.75) is 12.6 Å². The van der Waals surface area contributed by atoms with E-state index in [1.54, 1.807) is 18.4 Å². The van der Waals surface area contributed by atoms with Crippen molar-refractivity contribution in [3.8, 4) is 0 Å². The quantitative estimate of drug-likeness (QED) is 0.862. The maximum Gasteiger partial charge on any atom is 0.241 e. The van der Waals surface area contributed by atoms with Crippen LogP contribution < -0.4 is 5.73 Å². The summed E-state index contributed by atoms with van der Waals surface area (Å²) >= 11 is 4.92. The largest absolute Gasteiger partial charge is 0.394 e. The van der Waals surface area contributed by atoms with Gasteiger partial charge < -0.3 is 15.7 Å². The van der Waals surface area contributed by atoms with E-state index in [-0.39, 0.29) is 12.5 Å². The van der Waals surface area contributed by atoms with Crippen LogP contribution in [0.25, 0.3) is 0 Å². The molecular weight excluding hydrogens is 280 g/mol. The number of halogens is 1. The highest BCUT2D eigenvalue weighted by Gasteiger charge is 2.17. The Morgan fingerprint density at radius 1 is 1.73 bits per heavy atom. The van der Waals surface area contributed by atoms with Crippen molar-refractivity contribution in [2.75, 3.05) is 13.7 Å². The van der Waals surface area contributed by atoms with Crippen LogP contribution in [0, 0.1) is 0 Å². The zero-order chi connectivity index (χ0) is 11.4. The molecule has 1 aromatic heterocycles. The third-order valence-electron chi connectivity index (χ3n) is 1.91. The standard InChI is InChI=1S/C9H13BrN2O2S/c1-12(9(14)7(11)5-13)4-6-2-3-8(10)15-6/h2-3,7,13H,4-5,11H2,1H3. The second kappa shape index (κ2) is 5.60. The number of aliphatic hydroxyl groups is 1. The lowest BCUT2D eigenvalue weighted by molar-refractivity contribution is -0.132. The van der Waals surface area contributed by atoms with E-state index < -0.39 is 6.04 Å². The number of thiophene rings is 1. The molecule has 4 nitrogen and oxygen atoms in total. The van der Waals surface area contributed by atoms with E-state index in [1.807, 2.05) is 12.1 Å². The molecule has 1 atom stereocenters. The minimum atomic E-state index is -0.821. The second-order valence-electron chi connectivity index (χ2n) is 3.19. The van der Waals surface area contributed by atoms with E-state index in [0.29, 0.717) is 6.54 Å². The monoisotopic (exact) mass is 292 g/mol. The van der Waals surface area contributed by atoms with Gasteiger partial charge in [0.25, 0.3) is 0 Å². The van der Waals surface area contributed by atoms with Gasteiger partial charge in [-0.2, -0.15) is 0 Å². The minimum Gasteiger partial charge on any atom is -0.394 e. The molecule has 15 heavy (non-hydrogen) atoms. The molecule has 1 unspecified atom stereocenters. The fourth-order valence-corrected chi connectivity index (χ4v) is 2.65. The Morgan fingerprint density at radius 3 is 2.87 bits per heavy atom. The molecule has 0 bridgehead atoms. The topological polar surface area (TPSA) is 66.6 Å². The summed E-state index contributed by atoms with van der Waals surface area (Å²) in [6.45, 7) is 0.195. The van der Waals surface area contributed by atoms with Gasteiger partial charge in [-0.25, -0.2) is 0 Å². The van der Waals surface area contributed by atoms with Gasteiger partial charge in [-0.1, -0.05) is 0 Å². The number of rotatable bonds is 4. The number of aliphatic hydroxyl groups excluding tert-OH is 1. The van der Waals surface area contributed by atoms with Crippen molar-refractivity contribution in [2.24, 2.45) is 5.73 Å². The van der Waals surface area contributed by atoms with Crippen LogP contribution in [0.5, 0.6) is 0 Å². The molecule has 1 amide bonds. The summed E-state index contributed by atoms with van der Waals surface area (Å²) in [5, 5.41) is 8.75.